The standard InChI is InChI=1S/C22H35N3O2/c1-17(2)16-20(22(27)25-14-12-24(4)13-15-25)23-21(26)7-5-6-19-10-8-18(3)9-11-19/h8-11,17,20H,5-7,12-16H2,1-4H3,(H,23,26)/t20-/m1/s1. The van der Waals surface area contributed by atoms with E-state index in [0.717, 1.165) is 39.0 Å². The molecule has 0 spiro atoms. The Labute approximate surface area is 164 Å². The molecule has 1 atom stereocenters. The summed E-state index contributed by atoms with van der Waals surface area (Å²) >= 11 is 0. The zero-order chi connectivity index (χ0) is 19.8. The fourth-order valence-electron chi connectivity index (χ4n) is 3.41. The zero-order valence-corrected chi connectivity index (χ0v) is 17.3. The van der Waals surface area contributed by atoms with Gasteiger partial charge in [0.25, 0.3) is 0 Å². The number of piperazine rings is 1. The maximum absolute atomic E-state index is 12.9. The number of nitrogens with one attached hydrogen (secondary N) is 1. The number of likely N-dealkylation sites (N-methyl/N-ethyl adjacent to an activating group) is 1. The van der Waals surface area contributed by atoms with Crippen molar-refractivity contribution in [2.75, 3.05) is 33.2 Å². The van der Waals surface area contributed by atoms with Crippen LogP contribution in [-0.2, 0) is 16.0 Å². The first-order chi connectivity index (χ1) is 12.8. The van der Waals surface area contributed by atoms with Crippen LogP contribution in [0.2, 0.25) is 0 Å². The number of aryl methyl sites for hydroxylation is 2. The molecular formula is C22H35N3O2. The van der Waals surface area contributed by atoms with Gasteiger partial charge in [-0.1, -0.05) is 43.7 Å². The summed E-state index contributed by atoms with van der Waals surface area (Å²) in [5.41, 5.74) is 2.50. The molecule has 0 aliphatic carbocycles. The number of nitrogens with zero attached hydrogens (tertiary/aromatic N) is 2. The minimum atomic E-state index is -0.403. The first-order valence-electron chi connectivity index (χ1n) is 10.2. The fourth-order valence-corrected chi connectivity index (χ4v) is 3.41. The molecule has 5 nitrogen and oxygen atoms in total. The third-order valence-corrected chi connectivity index (χ3v) is 5.15. The van der Waals surface area contributed by atoms with Crippen LogP contribution in [0.3, 0.4) is 0 Å². The SMILES string of the molecule is Cc1ccc(CCCC(=O)N[C@H](CC(C)C)C(=O)N2CCN(C)CC2)cc1. The summed E-state index contributed by atoms with van der Waals surface area (Å²) < 4.78 is 0. The van der Waals surface area contributed by atoms with Gasteiger partial charge in [0.05, 0.1) is 0 Å². The third kappa shape index (κ3) is 7.33. The molecule has 2 rings (SSSR count). The molecule has 27 heavy (non-hydrogen) atoms. The number of amides is 2. The Hall–Kier alpha value is -1.88. The first-order valence-corrected chi connectivity index (χ1v) is 10.2. The van der Waals surface area contributed by atoms with E-state index in [1.165, 1.54) is 11.1 Å². The van der Waals surface area contributed by atoms with E-state index in [2.05, 4.69) is 62.3 Å². The summed E-state index contributed by atoms with van der Waals surface area (Å²) in [5, 5.41) is 3.01. The Morgan fingerprint density at radius 2 is 1.70 bits per heavy atom. The molecule has 1 N–H and O–H groups in total. The normalized spacial score (nSPS) is 16.4. The molecule has 5 heteroatoms. The lowest BCUT2D eigenvalue weighted by molar-refractivity contribution is -0.138. The molecule has 1 heterocycles. The second-order valence-electron chi connectivity index (χ2n) is 8.22. The molecule has 1 aromatic rings. The van der Waals surface area contributed by atoms with Crippen LogP contribution in [-0.4, -0.2) is 60.9 Å². The van der Waals surface area contributed by atoms with E-state index >= 15 is 0 Å². The number of carbonyl (C=O) groups is 2. The molecule has 1 saturated heterocycles. The lowest BCUT2D eigenvalue weighted by Crippen LogP contribution is -2.54. The molecule has 150 valence electrons. The van der Waals surface area contributed by atoms with Gasteiger partial charge < -0.3 is 15.1 Å². The van der Waals surface area contributed by atoms with Crippen LogP contribution < -0.4 is 5.32 Å². The van der Waals surface area contributed by atoms with Gasteiger partial charge in [0.2, 0.25) is 11.8 Å². The van der Waals surface area contributed by atoms with Gasteiger partial charge in [-0.15, -0.1) is 0 Å². The molecule has 0 aromatic heterocycles. The quantitative estimate of drug-likeness (QED) is 0.762. The van der Waals surface area contributed by atoms with Crippen molar-refractivity contribution in [3.05, 3.63) is 35.4 Å². The molecule has 0 saturated carbocycles. The van der Waals surface area contributed by atoms with Crippen molar-refractivity contribution in [1.82, 2.24) is 15.1 Å². The van der Waals surface area contributed by atoms with Gasteiger partial charge in [0.15, 0.2) is 0 Å². The topological polar surface area (TPSA) is 52.7 Å². The van der Waals surface area contributed by atoms with Gasteiger partial charge in [-0.25, -0.2) is 0 Å². The van der Waals surface area contributed by atoms with Crippen molar-refractivity contribution < 1.29 is 9.59 Å². The number of rotatable bonds is 8. The molecule has 0 bridgehead atoms. The molecule has 1 aliphatic rings. The second kappa shape index (κ2) is 10.5. The second-order valence-corrected chi connectivity index (χ2v) is 8.22. The summed E-state index contributed by atoms with van der Waals surface area (Å²) in [6.07, 6.45) is 2.83. The Kier molecular flexibility index (Phi) is 8.29. The van der Waals surface area contributed by atoms with Crippen molar-refractivity contribution in [2.45, 2.75) is 52.5 Å². The smallest absolute Gasteiger partial charge is 0.245 e. The number of hydrogen-bond acceptors (Lipinski definition) is 3. The van der Waals surface area contributed by atoms with Crippen LogP contribution in [0.5, 0.6) is 0 Å². The van der Waals surface area contributed by atoms with E-state index in [4.69, 9.17) is 0 Å². The summed E-state index contributed by atoms with van der Waals surface area (Å²) in [7, 11) is 2.07. The highest BCUT2D eigenvalue weighted by molar-refractivity contribution is 5.87. The van der Waals surface area contributed by atoms with E-state index in [0.29, 0.717) is 18.8 Å². The van der Waals surface area contributed by atoms with Crippen molar-refractivity contribution >= 4 is 11.8 Å². The van der Waals surface area contributed by atoms with Crippen LogP contribution in [0.25, 0.3) is 0 Å². The Morgan fingerprint density at radius 3 is 2.30 bits per heavy atom. The third-order valence-electron chi connectivity index (χ3n) is 5.15. The Balaban J connectivity index is 1.83. The van der Waals surface area contributed by atoms with E-state index in [1.807, 2.05) is 4.90 Å². The van der Waals surface area contributed by atoms with Crippen LogP contribution in [0.4, 0.5) is 0 Å². The van der Waals surface area contributed by atoms with Crippen LogP contribution in [0.1, 0.15) is 44.2 Å². The number of hydrogen-bond donors (Lipinski definition) is 1. The summed E-state index contributed by atoms with van der Waals surface area (Å²) in [6.45, 7) is 9.53. The molecule has 1 fully saturated rings. The van der Waals surface area contributed by atoms with Gasteiger partial charge >= 0.3 is 0 Å². The average Bonchev–Trinajstić information content (AvgIpc) is 2.62. The monoisotopic (exact) mass is 373 g/mol. The van der Waals surface area contributed by atoms with Gasteiger partial charge in [0, 0.05) is 32.6 Å². The Bertz CT molecular complexity index is 604. The van der Waals surface area contributed by atoms with Gasteiger partial charge in [-0.2, -0.15) is 0 Å². The molecule has 0 radical (unpaired) electrons. The average molecular weight is 374 g/mol. The zero-order valence-electron chi connectivity index (χ0n) is 17.3. The highest BCUT2D eigenvalue weighted by Crippen LogP contribution is 2.12. The molecule has 1 aromatic carbocycles. The molecular weight excluding hydrogens is 338 g/mol. The predicted octanol–water partition coefficient (Wildman–Crippen LogP) is 2.62. The maximum atomic E-state index is 12.9. The maximum Gasteiger partial charge on any atom is 0.245 e. The summed E-state index contributed by atoms with van der Waals surface area (Å²) in [4.78, 5) is 29.5. The summed E-state index contributed by atoms with van der Waals surface area (Å²) in [5.74, 6) is 0.415. The van der Waals surface area contributed by atoms with Gasteiger partial charge in [0.1, 0.15) is 6.04 Å². The van der Waals surface area contributed by atoms with E-state index in [1.54, 1.807) is 0 Å². The van der Waals surface area contributed by atoms with E-state index in [-0.39, 0.29) is 11.8 Å². The lowest BCUT2D eigenvalue weighted by Gasteiger charge is -2.35. The van der Waals surface area contributed by atoms with Crippen molar-refractivity contribution in [3.63, 3.8) is 0 Å². The van der Waals surface area contributed by atoms with Crippen molar-refractivity contribution in [3.8, 4) is 0 Å². The van der Waals surface area contributed by atoms with Gasteiger partial charge in [-0.05, 0) is 44.7 Å². The van der Waals surface area contributed by atoms with Crippen LogP contribution >= 0.6 is 0 Å². The minimum Gasteiger partial charge on any atom is -0.344 e. The molecule has 1 aliphatic heterocycles. The van der Waals surface area contributed by atoms with Crippen molar-refractivity contribution in [1.29, 1.82) is 0 Å². The van der Waals surface area contributed by atoms with E-state index in [9.17, 15) is 9.59 Å². The lowest BCUT2D eigenvalue weighted by atomic mass is 10.0. The van der Waals surface area contributed by atoms with E-state index < -0.39 is 6.04 Å². The highest BCUT2D eigenvalue weighted by Gasteiger charge is 2.28. The number of carbonyl (C=O) groups excluding carboxylic acids is 2. The largest absolute Gasteiger partial charge is 0.344 e. The predicted molar refractivity (Wildman–Crippen MR) is 110 cm³/mol. The van der Waals surface area contributed by atoms with Crippen LogP contribution in [0.15, 0.2) is 24.3 Å². The van der Waals surface area contributed by atoms with Gasteiger partial charge in [-0.3, -0.25) is 9.59 Å². The van der Waals surface area contributed by atoms with Crippen LogP contribution in [0, 0.1) is 12.8 Å². The Morgan fingerprint density at radius 1 is 1.07 bits per heavy atom. The minimum absolute atomic E-state index is 0.0183. The summed E-state index contributed by atoms with van der Waals surface area (Å²) in [6, 6.07) is 8.03. The van der Waals surface area contributed by atoms with Crippen molar-refractivity contribution in [2.24, 2.45) is 5.92 Å². The number of benzene rings is 1. The molecule has 2 amide bonds. The molecule has 0 unspecified atom stereocenters. The highest BCUT2D eigenvalue weighted by atomic mass is 16.2. The fraction of sp³-hybridized carbons (Fsp3) is 0.636. The first kappa shape index (κ1) is 21.4.